The van der Waals surface area contributed by atoms with Gasteiger partial charge in [0, 0.05) is 17.9 Å². The van der Waals surface area contributed by atoms with Gasteiger partial charge in [0.15, 0.2) is 0 Å². The average Bonchev–Trinajstić information content (AvgIpc) is 2.63. The largest absolute Gasteiger partial charge is 0.478 e. The molecule has 0 unspecified atom stereocenters. The van der Waals surface area contributed by atoms with Gasteiger partial charge in [0.1, 0.15) is 6.61 Å². The molecule has 0 aromatic heterocycles. The van der Waals surface area contributed by atoms with E-state index in [0.29, 0.717) is 24.5 Å². The summed E-state index contributed by atoms with van der Waals surface area (Å²) in [5.41, 5.74) is 0.832. The second-order valence-corrected chi connectivity index (χ2v) is 7.27. The van der Waals surface area contributed by atoms with Gasteiger partial charge in [-0.2, -0.15) is 0 Å². The molecule has 1 amide bonds. The highest BCUT2D eigenvalue weighted by Crippen LogP contribution is 2.22. The molecule has 3 rings (SSSR count). The molecule has 0 saturated carbocycles. The fourth-order valence-corrected chi connectivity index (χ4v) is 3.61. The monoisotopic (exact) mass is 376 g/mol. The minimum atomic E-state index is -3.93. The van der Waals surface area contributed by atoms with Crippen molar-refractivity contribution in [1.29, 1.82) is 0 Å². The number of hydrogen-bond acceptors (Lipinski definition) is 5. The van der Waals surface area contributed by atoms with E-state index in [1.807, 2.05) is 0 Å². The van der Waals surface area contributed by atoms with Gasteiger partial charge in [-0.25, -0.2) is 13.2 Å². The summed E-state index contributed by atoms with van der Waals surface area (Å²) in [6.45, 7) is 0.903. The Kier molecular flexibility index (Phi) is 4.92. The van der Waals surface area contributed by atoms with E-state index in [2.05, 4.69) is 4.72 Å². The zero-order valence-electron chi connectivity index (χ0n) is 13.6. The molecule has 2 aromatic rings. The molecule has 0 bridgehead atoms. The highest BCUT2D eigenvalue weighted by Gasteiger charge is 2.21. The number of morpholine rings is 1. The van der Waals surface area contributed by atoms with Crippen LogP contribution in [0.4, 0.5) is 11.4 Å². The molecule has 1 aliphatic heterocycles. The Morgan fingerprint density at radius 3 is 2.54 bits per heavy atom. The van der Waals surface area contributed by atoms with Crippen LogP contribution in [0.5, 0.6) is 0 Å². The van der Waals surface area contributed by atoms with E-state index in [-0.39, 0.29) is 23.0 Å². The summed E-state index contributed by atoms with van der Waals surface area (Å²) >= 11 is 0. The van der Waals surface area contributed by atoms with Crippen LogP contribution >= 0.6 is 0 Å². The first kappa shape index (κ1) is 17.9. The number of carbonyl (C=O) groups is 2. The Labute approximate surface area is 150 Å². The van der Waals surface area contributed by atoms with Crippen LogP contribution in [0.1, 0.15) is 10.4 Å². The van der Waals surface area contributed by atoms with E-state index in [0.717, 1.165) is 6.07 Å². The SMILES string of the molecule is O=C(O)c1cccc(S(=O)(=O)Nc2ccc(N3CCOCC3=O)cc2)c1. The van der Waals surface area contributed by atoms with Gasteiger partial charge in [-0.15, -0.1) is 0 Å². The third-order valence-corrected chi connectivity index (χ3v) is 5.19. The van der Waals surface area contributed by atoms with Gasteiger partial charge in [0.05, 0.1) is 17.1 Å². The Morgan fingerprint density at radius 2 is 1.88 bits per heavy atom. The maximum Gasteiger partial charge on any atom is 0.335 e. The summed E-state index contributed by atoms with van der Waals surface area (Å²) < 4.78 is 32.3. The number of hydrogen-bond donors (Lipinski definition) is 2. The van der Waals surface area contributed by atoms with Gasteiger partial charge in [-0.1, -0.05) is 6.07 Å². The van der Waals surface area contributed by atoms with Crippen molar-refractivity contribution in [1.82, 2.24) is 0 Å². The number of carboxylic acids is 1. The fourth-order valence-electron chi connectivity index (χ4n) is 2.51. The zero-order chi connectivity index (χ0) is 18.7. The van der Waals surface area contributed by atoms with Crippen LogP contribution in [0.15, 0.2) is 53.4 Å². The lowest BCUT2D eigenvalue weighted by atomic mass is 10.2. The Hall–Kier alpha value is -2.91. The molecule has 136 valence electrons. The van der Waals surface area contributed by atoms with Crippen LogP contribution in [-0.2, 0) is 19.6 Å². The third-order valence-electron chi connectivity index (χ3n) is 3.81. The lowest BCUT2D eigenvalue weighted by Crippen LogP contribution is -2.41. The minimum Gasteiger partial charge on any atom is -0.478 e. The van der Waals surface area contributed by atoms with Crippen molar-refractivity contribution in [3.8, 4) is 0 Å². The van der Waals surface area contributed by atoms with Crippen LogP contribution in [0.2, 0.25) is 0 Å². The van der Waals surface area contributed by atoms with Crippen LogP contribution in [0, 0.1) is 0 Å². The molecule has 0 spiro atoms. The number of carbonyl (C=O) groups excluding carboxylic acids is 1. The summed E-state index contributed by atoms with van der Waals surface area (Å²) in [7, 11) is -3.93. The van der Waals surface area contributed by atoms with Crippen LogP contribution < -0.4 is 9.62 Å². The van der Waals surface area contributed by atoms with Gasteiger partial charge in [-0.05, 0) is 42.5 Å². The lowest BCUT2D eigenvalue weighted by molar-refractivity contribution is -0.125. The summed E-state index contributed by atoms with van der Waals surface area (Å²) in [6.07, 6.45) is 0. The second kappa shape index (κ2) is 7.14. The van der Waals surface area contributed by atoms with Crippen molar-refractivity contribution in [2.45, 2.75) is 4.90 Å². The predicted molar refractivity (Wildman–Crippen MR) is 93.8 cm³/mol. The maximum atomic E-state index is 12.4. The Morgan fingerprint density at radius 1 is 1.15 bits per heavy atom. The number of nitrogens with one attached hydrogen (secondary N) is 1. The number of anilines is 2. The number of amides is 1. The Balaban J connectivity index is 1.79. The zero-order valence-corrected chi connectivity index (χ0v) is 14.4. The summed E-state index contributed by atoms with van der Waals surface area (Å²) in [6, 6.07) is 11.4. The van der Waals surface area contributed by atoms with Crippen molar-refractivity contribution < 1.29 is 27.9 Å². The highest BCUT2D eigenvalue weighted by molar-refractivity contribution is 7.92. The number of carboxylic acid groups (broad SMARTS) is 1. The molecule has 8 nitrogen and oxygen atoms in total. The number of nitrogens with zero attached hydrogens (tertiary/aromatic N) is 1. The molecule has 0 radical (unpaired) electrons. The number of rotatable bonds is 5. The normalized spacial score (nSPS) is 14.9. The quantitative estimate of drug-likeness (QED) is 0.819. The topological polar surface area (TPSA) is 113 Å². The molecule has 1 aliphatic rings. The smallest absolute Gasteiger partial charge is 0.335 e. The fraction of sp³-hybridized carbons (Fsp3) is 0.176. The second-order valence-electron chi connectivity index (χ2n) is 5.58. The van der Waals surface area contributed by atoms with Crippen molar-refractivity contribution in [3.05, 3.63) is 54.1 Å². The molecule has 26 heavy (non-hydrogen) atoms. The first-order valence-electron chi connectivity index (χ1n) is 7.71. The summed E-state index contributed by atoms with van der Waals surface area (Å²) in [5.74, 6) is -1.36. The van der Waals surface area contributed by atoms with Gasteiger partial charge >= 0.3 is 5.97 Å². The molecular formula is C17H16N2O6S. The van der Waals surface area contributed by atoms with Gasteiger partial charge < -0.3 is 14.7 Å². The summed E-state index contributed by atoms with van der Waals surface area (Å²) in [4.78, 5) is 24.2. The molecule has 0 aliphatic carbocycles. The van der Waals surface area contributed by atoms with E-state index in [1.54, 1.807) is 17.0 Å². The third kappa shape index (κ3) is 3.84. The van der Waals surface area contributed by atoms with Gasteiger partial charge in [0.25, 0.3) is 15.9 Å². The van der Waals surface area contributed by atoms with Gasteiger partial charge in [0.2, 0.25) is 0 Å². The molecular weight excluding hydrogens is 360 g/mol. The van der Waals surface area contributed by atoms with Crippen LogP contribution in [0.3, 0.4) is 0 Å². The average molecular weight is 376 g/mol. The number of aromatic carboxylic acids is 1. The first-order valence-corrected chi connectivity index (χ1v) is 9.19. The molecule has 1 saturated heterocycles. The predicted octanol–water partition coefficient (Wildman–Crippen LogP) is 1.55. The standard InChI is InChI=1S/C17H16N2O6S/c20-16-11-25-9-8-19(16)14-6-4-13(5-7-14)18-26(23,24)15-3-1-2-12(10-15)17(21)22/h1-7,10,18H,8-9,11H2,(H,21,22). The minimum absolute atomic E-state index is 0.0221. The maximum absolute atomic E-state index is 12.4. The van der Waals surface area contributed by atoms with Gasteiger partial charge in [-0.3, -0.25) is 9.52 Å². The molecule has 2 N–H and O–H groups in total. The molecule has 1 heterocycles. The first-order chi connectivity index (χ1) is 12.4. The van der Waals surface area contributed by atoms with Crippen LogP contribution in [-0.4, -0.2) is 45.2 Å². The number of ether oxygens (including phenoxy) is 1. The summed E-state index contributed by atoms with van der Waals surface area (Å²) in [5, 5.41) is 8.98. The number of benzene rings is 2. The Bertz CT molecular complexity index is 940. The van der Waals surface area contributed by atoms with Crippen LogP contribution in [0.25, 0.3) is 0 Å². The van der Waals surface area contributed by atoms with E-state index in [4.69, 9.17) is 9.84 Å². The lowest BCUT2D eigenvalue weighted by Gasteiger charge is -2.26. The number of sulfonamides is 1. The van der Waals surface area contributed by atoms with Crippen molar-refractivity contribution in [2.75, 3.05) is 29.4 Å². The van der Waals surface area contributed by atoms with E-state index >= 15 is 0 Å². The molecule has 0 atom stereocenters. The molecule has 9 heteroatoms. The van der Waals surface area contributed by atoms with E-state index in [9.17, 15) is 18.0 Å². The molecule has 2 aromatic carbocycles. The van der Waals surface area contributed by atoms with Crippen molar-refractivity contribution in [2.24, 2.45) is 0 Å². The highest BCUT2D eigenvalue weighted by atomic mass is 32.2. The van der Waals surface area contributed by atoms with Crippen molar-refractivity contribution in [3.63, 3.8) is 0 Å². The van der Waals surface area contributed by atoms with Crippen molar-refractivity contribution >= 4 is 33.3 Å². The molecule has 1 fully saturated rings. The van der Waals surface area contributed by atoms with E-state index in [1.165, 1.54) is 30.3 Å². The van der Waals surface area contributed by atoms with E-state index < -0.39 is 16.0 Å².